The fourth-order valence-corrected chi connectivity index (χ4v) is 2.26. The van der Waals surface area contributed by atoms with Crippen molar-refractivity contribution in [3.05, 3.63) is 29.3 Å². The molecule has 2 rings (SSSR count). The summed E-state index contributed by atoms with van der Waals surface area (Å²) in [7, 11) is 0. The van der Waals surface area contributed by atoms with Gasteiger partial charge in [-0.1, -0.05) is 19.9 Å². The molecule has 1 fully saturated rings. The van der Waals surface area contributed by atoms with Crippen LogP contribution in [0.1, 0.15) is 25.0 Å². The number of anilines is 1. The van der Waals surface area contributed by atoms with Crippen molar-refractivity contribution in [3.63, 3.8) is 0 Å². The van der Waals surface area contributed by atoms with Crippen molar-refractivity contribution >= 4 is 11.6 Å². The fraction of sp³-hybridized carbons (Fsp3) is 0.533. The molecule has 0 bridgehead atoms. The quantitative estimate of drug-likeness (QED) is 0.856. The van der Waals surface area contributed by atoms with Gasteiger partial charge < -0.3 is 10.6 Å². The van der Waals surface area contributed by atoms with Crippen LogP contribution in [0.5, 0.6) is 0 Å². The maximum absolute atomic E-state index is 12.1. The second kappa shape index (κ2) is 5.53. The van der Waals surface area contributed by atoms with Crippen LogP contribution in [-0.4, -0.2) is 19.0 Å². The Kier molecular flexibility index (Phi) is 4.02. The molecule has 3 heteroatoms. The van der Waals surface area contributed by atoms with Crippen molar-refractivity contribution in [2.75, 3.05) is 18.4 Å². The van der Waals surface area contributed by atoms with Crippen LogP contribution in [0.25, 0.3) is 0 Å². The van der Waals surface area contributed by atoms with Crippen molar-refractivity contribution in [1.82, 2.24) is 5.32 Å². The van der Waals surface area contributed by atoms with E-state index in [1.54, 1.807) is 0 Å². The summed E-state index contributed by atoms with van der Waals surface area (Å²) in [6.07, 6.45) is 0.998. The van der Waals surface area contributed by atoms with E-state index in [0.717, 1.165) is 25.2 Å². The topological polar surface area (TPSA) is 41.1 Å². The van der Waals surface area contributed by atoms with E-state index < -0.39 is 0 Å². The van der Waals surface area contributed by atoms with Crippen LogP contribution in [0.15, 0.2) is 18.2 Å². The number of nitrogens with one attached hydrogen (secondary N) is 2. The first-order valence-corrected chi connectivity index (χ1v) is 6.73. The lowest BCUT2D eigenvalue weighted by molar-refractivity contribution is -0.121. The predicted octanol–water partition coefficient (Wildman–Crippen LogP) is 2.35. The zero-order valence-electron chi connectivity index (χ0n) is 11.4. The minimum Gasteiger partial charge on any atom is -0.326 e. The third kappa shape index (κ3) is 2.72. The minimum absolute atomic E-state index is 0.0811. The Labute approximate surface area is 109 Å². The van der Waals surface area contributed by atoms with Crippen molar-refractivity contribution in [3.8, 4) is 0 Å². The van der Waals surface area contributed by atoms with Crippen molar-refractivity contribution < 1.29 is 4.79 Å². The molecule has 0 spiro atoms. The molecule has 3 nitrogen and oxygen atoms in total. The fourth-order valence-electron chi connectivity index (χ4n) is 2.26. The van der Waals surface area contributed by atoms with Gasteiger partial charge in [0.1, 0.15) is 0 Å². The van der Waals surface area contributed by atoms with Gasteiger partial charge in [-0.15, -0.1) is 0 Å². The van der Waals surface area contributed by atoms with Crippen molar-refractivity contribution in [1.29, 1.82) is 0 Å². The van der Waals surface area contributed by atoms with E-state index in [0.29, 0.717) is 5.92 Å². The number of aryl methyl sites for hydroxylation is 2. The third-order valence-electron chi connectivity index (χ3n) is 3.93. The van der Waals surface area contributed by atoms with E-state index in [1.807, 2.05) is 13.0 Å². The van der Waals surface area contributed by atoms with Crippen LogP contribution in [0.4, 0.5) is 5.69 Å². The molecular weight excluding hydrogens is 224 g/mol. The highest BCUT2D eigenvalue weighted by molar-refractivity contribution is 5.92. The lowest BCUT2D eigenvalue weighted by Crippen LogP contribution is -2.48. The monoisotopic (exact) mass is 246 g/mol. The van der Waals surface area contributed by atoms with Crippen molar-refractivity contribution in [2.24, 2.45) is 11.8 Å². The number of hydrogen-bond donors (Lipinski definition) is 2. The molecule has 1 saturated heterocycles. The average molecular weight is 246 g/mol. The zero-order chi connectivity index (χ0) is 13.1. The van der Waals surface area contributed by atoms with E-state index >= 15 is 0 Å². The summed E-state index contributed by atoms with van der Waals surface area (Å²) in [6.45, 7) is 8.17. The zero-order valence-corrected chi connectivity index (χ0v) is 11.4. The van der Waals surface area contributed by atoms with Gasteiger partial charge in [0.05, 0.1) is 0 Å². The Morgan fingerprint density at radius 1 is 1.50 bits per heavy atom. The molecule has 0 aliphatic carbocycles. The SMILES string of the molecule is CCc1cc(NC(=O)C(C)C2CNC2)ccc1C. The van der Waals surface area contributed by atoms with Gasteiger partial charge in [0, 0.05) is 11.6 Å². The molecule has 1 amide bonds. The van der Waals surface area contributed by atoms with Crippen LogP contribution in [0.3, 0.4) is 0 Å². The van der Waals surface area contributed by atoms with Gasteiger partial charge in [-0.3, -0.25) is 4.79 Å². The molecule has 1 aromatic rings. The molecule has 1 atom stereocenters. The Hall–Kier alpha value is -1.35. The second-order valence-electron chi connectivity index (χ2n) is 5.19. The second-order valence-corrected chi connectivity index (χ2v) is 5.19. The first kappa shape index (κ1) is 13.1. The van der Waals surface area contributed by atoms with Crippen molar-refractivity contribution in [2.45, 2.75) is 27.2 Å². The summed E-state index contributed by atoms with van der Waals surface area (Å²) >= 11 is 0. The van der Waals surface area contributed by atoms with Crippen LogP contribution in [-0.2, 0) is 11.2 Å². The first-order valence-electron chi connectivity index (χ1n) is 6.73. The molecule has 1 aliphatic rings. The van der Waals surface area contributed by atoms with E-state index in [1.165, 1.54) is 11.1 Å². The third-order valence-corrected chi connectivity index (χ3v) is 3.93. The molecule has 98 valence electrons. The summed E-state index contributed by atoms with van der Waals surface area (Å²) in [5.74, 6) is 0.700. The summed E-state index contributed by atoms with van der Waals surface area (Å²) in [4.78, 5) is 12.1. The van der Waals surface area contributed by atoms with Crippen LogP contribution < -0.4 is 10.6 Å². The predicted molar refractivity (Wildman–Crippen MR) is 74.7 cm³/mol. The molecule has 0 saturated carbocycles. The van der Waals surface area contributed by atoms with Gasteiger partial charge in [-0.25, -0.2) is 0 Å². The Bertz CT molecular complexity index is 438. The Morgan fingerprint density at radius 3 is 2.78 bits per heavy atom. The molecule has 0 aromatic heterocycles. The van der Waals surface area contributed by atoms with Crippen LogP contribution in [0, 0.1) is 18.8 Å². The summed E-state index contributed by atoms with van der Waals surface area (Å²) < 4.78 is 0. The lowest BCUT2D eigenvalue weighted by Gasteiger charge is -2.31. The Morgan fingerprint density at radius 2 is 2.22 bits per heavy atom. The van der Waals surface area contributed by atoms with Gasteiger partial charge in [0.15, 0.2) is 0 Å². The summed E-state index contributed by atoms with van der Waals surface area (Å²) in [6, 6.07) is 6.14. The average Bonchev–Trinajstić information content (AvgIpc) is 2.29. The molecule has 0 radical (unpaired) electrons. The van der Waals surface area contributed by atoms with E-state index in [9.17, 15) is 4.79 Å². The van der Waals surface area contributed by atoms with E-state index in [-0.39, 0.29) is 11.8 Å². The number of carbonyl (C=O) groups excluding carboxylic acids is 1. The number of benzene rings is 1. The highest BCUT2D eigenvalue weighted by Gasteiger charge is 2.28. The summed E-state index contributed by atoms with van der Waals surface area (Å²) in [5.41, 5.74) is 3.50. The van der Waals surface area contributed by atoms with Gasteiger partial charge in [-0.2, -0.15) is 0 Å². The lowest BCUT2D eigenvalue weighted by atomic mass is 9.88. The smallest absolute Gasteiger partial charge is 0.227 e. The molecule has 1 heterocycles. The van der Waals surface area contributed by atoms with Crippen LogP contribution >= 0.6 is 0 Å². The molecule has 1 aliphatic heterocycles. The number of rotatable bonds is 4. The molecule has 1 aromatic carbocycles. The largest absolute Gasteiger partial charge is 0.326 e. The standard InChI is InChI=1S/C15H22N2O/c1-4-12-7-14(6-5-10(12)2)17-15(18)11(3)13-8-16-9-13/h5-7,11,13,16H,4,8-9H2,1-3H3,(H,17,18). The van der Waals surface area contributed by atoms with E-state index in [4.69, 9.17) is 0 Å². The maximum Gasteiger partial charge on any atom is 0.227 e. The molecular formula is C15H22N2O. The van der Waals surface area contributed by atoms with Gasteiger partial charge >= 0.3 is 0 Å². The normalized spacial score (nSPS) is 17.1. The molecule has 1 unspecified atom stereocenters. The molecule has 18 heavy (non-hydrogen) atoms. The minimum atomic E-state index is 0.0811. The van der Waals surface area contributed by atoms with Gasteiger partial charge in [0.25, 0.3) is 0 Å². The number of hydrogen-bond acceptors (Lipinski definition) is 2. The van der Waals surface area contributed by atoms with E-state index in [2.05, 4.69) is 36.6 Å². The van der Waals surface area contributed by atoms with Crippen LogP contribution in [0.2, 0.25) is 0 Å². The highest BCUT2D eigenvalue weighted by atomic mass is 16.1. The van der Waals surface area contributed by atoms with Gasteiger partial charge in [0.2, 0.25) is 5.91 Å². The number of carbonyl (C=O) groups is 1. The Balaban J connectivity index is 2.02. The first-order chi connectivity index (χ1) is 8.61. The molecule has 2 N–H and O–H groups in total. The maximum atomic E-state index is 12.1. The summed E-state index contributed by atoms with van der Waals surface area (Å²) in [5, 5.41) is 6.23. The highest BCUT2D eigenvalue weighted by Crippen LogP contribution is 2.20. The van der Waals surface area contributed by atoms with Gasteiger partial charge in [-0.05, 0) is 55.6 Å². The number of amides is 1.